The first kappa shape index (κ1) is 16.6. The largest absolute Gasteiger partial charge is 0.488 e. The first-order valence-electron chi connectivity index (χ1n) is 8.72. The maximum absolute atomic E-state index is 13.0. The summed E-state index contributed by atoms with van der Waals surface area (Å²) in [5, 5.41) is 3.03. The maximum Gasteiger partial charge on any atom is 0.253 e. The quantitative estimate of drug-likeness (QED) is 0.920. The van der Waals surface area contributed by atoms with Crippen LogP contribution in [0.5, 0.6) is 5.75 Å². The molecule has 1 fully saturated rings. The van der Waals surface area contributed by atoms with Crippen LogP contribution >= 0.6 is 0 Å². The summed E-state index contributed by atoms with van der Waals surface area (Å²) in [6.07, 6.45) is 1.70. The molecule has 6 heteroatoms. The number of carbonyl (C=O) groups excluding carboxylic acids is 1. The zero-order chi connectivity index (χ0) is 17.9. The van der Waals surface area contributed by atoms with Crippen molar-refractivity contribution in [3.8, 4) is 5.75 Å². The molecule has 0 radical (unpaired) electrons. The van der Waals surface area contributed by atoms with Crippen molar-refractivity contribution in [2.24, 2.45) is 0 Å². The number of hydrogen-bond acceptors (Lipinski definition) is 5. The van der Waals surface area contributed by atoms with Crippen LogP contribution in [0.15, 0.2) is 48.0 Å². The number of anilines is 1. The summed E-state index contributed by atoms with van der Waals surface area (Å²) in [6.45, 7) is 1.84. The topological polar surface area (TPSA) is 63.7 Å². The Bertz CT molecular complexity index is 850. The fourth-order valence-electron chi connectivity index (χ4n) is 3.23. The molecular formula is C20H21N3O3. The molecule has 0 aliphatic carbocycles. The van der Waals surface area contributed by atoms with Gasteiger partial charge in [-0.2, -0.15) is 0 Å². The zero-order valence-corrected chi connectivity index (χ0v) is 14.6. The number of nitrogens with zero attached hydrogens (tertiary/aromatic N) is 2. The fraction of sp³-hybridized carbons (Fsp3) is 0.300. The zero-order valence-electron chi connectivity index (χ0n) is 14.6. The molecule has 2 aliphatic rings. The summed E-state index contributed by atoms with van der Waals surface area (Å²) < 4.78 is 11.6. The Morgan fingerprint density at radius 1 is 1.23 bits per heavy atom. The Labute approximate surface area is 152 Å². The molecule has 3 heterocycles. The monoisotopic (exact) mass is 351 g/mol. The van der Waals surface area contributed by atoms with Gasteiger partial charge in [-0.15, -0.1) is 0 Å². The van der Waals surface area contributed by atoms with Gasteiger partial charge in [-0.25, -0.2) is 4.98 Å². The molecule has 4 rings (SSSR count). The molecule has 1 amide bonds. The van der Waals surface area contributed by atoms with Crippen molar-refractivity contribution in [3.63, 3.8) is 0 Å². The van der Waals surface area contributed by atoms with Crippen molar-refractivity contribution in [1.82, 2.24) is 9.88 Å². The first-order valence-corrected chi connectivity index (χ1v) is 8.72. The molecule has 2 aromatic rings. The molecule has 0 spiro atoms. The second-order valence-electron chi connectivity index (χ2n) is 6.30. The number of aromatic nitrogens is 1. The Kier molecular flexibility index (Phi) is 4.58. The first-order chi connectivity index (χ1) is 12.7. The number of ether oxygens (including phenoxy) is 2. The molecule has 1 aromatic heterocycles. The van der Waals surface area contributed by atoms with Gasteiger partial charge in [0.25, 0.3) is 5.91 Å². The highest BCUT2D eigenvalue weighted by molar-refractivity contribution is 5.99. The van der Waals surface area contributed by atoms with Crippen molar-refractivity contribution < 1.29 is 14.3 Å². The molecule has 1 saturated heterocycles. The summed E-state index contributed by atoms with van der Waals surface area (Å²) in [7, 11) is 1.83. The summed E-state index contributed by atoms with van der Waals surface area (Å²) in [4.78, 5) is 19.3. The van der Waals surface area contributed by atoms with Gasteiger partial charge in [-0.1, -0.05) is 24.3 Å². The van der Waals surface area contributed by atoms with Gasteiger partial charge >= 0.3 is 0 Å². The number of hydrogen-bond donors (Lipinski definition) is 1. The van der Waals surface area contributed by atoms with E-state index in [2.05, 4.69) is 10.3 Å². The van der Waals surface area contributed by atoms with Crippen LogP contribution in [0, 0.1) is 0 Å². The highest BCUT2D eigenvalue weighted by Crippen LogP contribution is 2.28. The summed E-state index contributed by atoms with van der Waals surface area (Å²) >= 11 is 0. The molecule has 0 saturated carbocycles. The normalized spacial score (nSPS) is 19.2. The third-order valence-corrected chi connectivity index (χ3v) is 4.62. The molecule has 1 N–H and O–H groups in total. The average Bonchev–Trinajstić information content (AvgIpc) is 2.73. The molecule has 26 heavy (non-hydrogen) atoms. The van der Waals surface area contributed by atoms with E-state index in [9.17, 15) is 4.79 Å². The second-order valence-corrected chi connectivity index (χ2v) is 6.30. The fourth-order valence-corrected chi connectivity index (χ4v) is 3.23. The van der Waals surface area contributed by atoms with E-state index in [4.69, 9.17) is 9.47 Å². The lowest BCUT2D eigenvalue weighted by atomic mass is 10.1. The van der Waals surface area contributed by atoms with Gasteiger partial charge in [0.05, 0.1) is 24.4 Å². The van der Waals surface area contributed by atoms with Crippen LogP contribution < -0.4 is 10.1 Å². The van der Waals surface area contributed by atoms with Gasteiger partial charge in [0.15, 0.2) is 0 Å². The highest BCUT2D eigenvalue weighted by Gasteiger charge is 2.29. The molecule has 2 aliphatic heterocycles. The van der Waals surface area contributed by atoms with Crippen molar-refractivity contribution in [1.29, 1.82) is 0 Å². The SMILES string of the molecule is CNc1cccc([C@H]2CN(C(=O)C3=Cc4ccccc4OC3)CCO2)n1. The second kappa shape index (κ2) is 7.17. The third kappa shape index (κ3) is 3.28. The third-order valence-electron chi connectivity index (χ3n) is 4.62. The molecule has 1 aromatic carbocycles. The van der Waals surface area contributed by atoms with Gasteiger partial charge in [-0.05, 0) is 24.3 Å². The number of pyridine rings is 1. The van der Waals surface area contributed by atoms with E-state index in [-0.39, 0.29) is 12.0 Å². The summed E-state index contributed by atoms with van der Waals surface area (Å²) in [6, 6.07) is 13.5. The van der Waals surface area contributed by atoms with Crippen LogP contribution in [0.2, 0.25) is 0 Å². The van der Waals surface area contributed by atoms with Crippen LogP contribution in [0.3, 0.4) is 0 Å². The smallest absolute Gasteiger partial charge is 0.253 e. The van der Waals surface area contributed by atoms with Crippen molar-refractivity contribution in [3.05, 3.63) is 59.3 Å². The van der Waals surface area contributed by atoms with Crippen molar-refractivity contribution in [2.75, 3.05) is 38.7 Å². The van der Waals surface area contributed by atoms with Gasteiger partial charge in [0.2, 0.25) is 0 Å². The average molecular weight is 351 g/mol. The number of fused-ring (bicyclic) bond motifs is 1. The standard InChI is InChI=1S/C20H21N3O3/c1-21-19-8-4-6-16(22-19)18-12-23(9-10-25-18)20(24)15-11-14-5-2-3-7-17(14)26-13-15/h2-8,11,18H,9-10,12-13H2,1H3,(H,21,22)/t18-/m1/s1. The van der Waals surface area contributed by atoms with Crippen LogP contribution in [-0.2, 0) is 9.53 Å². The minimum Gasteiger partial charge on any atom is -0.488 e. The predicted octanol–water partition coefficient (Wildman–Crippen LogP) is 2.50. The minimum absolute atomic E-state index is 0.00225. The summed E-state index contributed by atoms with van der Waals surface area (Å²) in [5.74, 6) is 1.60. The van der Waals surface area contributed by atoms with E-state index in [1.807, 2.05) is 60.5 Å². The highest BCUT2D eigenvalue weighted by atomic mass is 16.5. The van der Waals surface area contributed by atoms with E-state index in [0.717, 1.165) is 22.8 Å². The molecular weight excluding hydrogens is 330 g/mol. The van der Waals surface area contributed by atoms with E-state index >= 15 is 0 Å². The van der Waals surface area contributed by atoms with E-state index in [1.165, 1.54) is 0 Å². The van der Waals surface area contributed by atoms with E-state index < -0.39 is 0 Å². The Hall–Kier alpha value is -2.86. The molecule has 6 nitrogen and oxygen atoms in total. The minimum atomic E-state index is -0.224. The maximum atomic E-state index is 13.0. The van der Waals surface area contributed by atoms with Crippen LogP contribution in [0.4, 0.5) is 5.82 Å². The number of morpholine rings is 1. The molecule has 0 unspecified atom stereocenters. The lowest BCUT2D eigenvalue weighted by Crippen LogP contribution is -2.44. The van der Waals surface area contributed by atoms with E-state index in [1.54, 1.807) is 0 Å². The Balaban J connectivity index is 1.51. The lowest BCUT2D eigenvalue weighted by Gasteiger charge is -2.33. The number of para-hydroxylation sites is 1. The van der Waals surface area contributed by atoms with Gasteiger partial charge < -0.3 is 19.7 Å². The molecule has 134 valence electrons. The number of amides is 1. The predicted molar refractivity (Wildman–Crippen MR) is 99.0 cm³/mol. The van der Waals surface area contributed by atoms with E-state index in [0.29, 0.717) is 31.9 Å². The summed E-state index contributed by atoms with van der Waals surface area (Å²) in [5.41, 5.74) is 2.44. The van der Waals surface area contributed by atoms with Crippen molar-refractivity contribution in [2.45, 2.75) is 6.10 Å². The number of nitrogens with one attached hydrogen (secondary N) is 1. The van der Waals surface area contributed by atoms with Gasteiger partial charge in [0.1, 0.15) is 24.3 Å². The lowest BCUT2D eigenvalue weighted by molar-refractivity contribution is -0.135. The van der Waals surface area contributed by atoms with Crippen molar-refractivity contribution >= 4 is 17.8 Å². The van der Waals surface area contributed by atoms with Crippen LogP contribution in [0.25, 0.3) is 6.08 Å². The van der Waals surface area contributed by atoms with Gasteiger partial charge in [0, 0.05) is 19.2 Å². The van der Waals surface area contributed by atoms with Crippen LogP contribution in [-0.4, -0.2) is 49.1 Å². The van der Waals surface area contributed by atoms with Crippen LogP contribution in [0.1, 0.15) is 17.4 Å². The molecule has 1 atom stereocenters. The Morgan fingerprint density at radius 2 is 2.12 bits per heavy atom. The Morgan fingerprint density at radius 3 is 3.00 bits per heavy atom. The number of rotatable bonds is 3. The molecule has 0 bridgehead atoms. The number of benzene rings is 1. The number of carbonyl (C=O) groups is 1. The van der Waals surface area contributed by atoms with Gasteiger partial charge in [-0.3, -0.25) is 4.79 Å².